The van der Waals surface area contributed by atoms with E-state index < -0.39 is 22.2 Å². The number of rotatable bonds is 2. The molecule has 0 N–H and O–H groups in total. The van der Waals surface area contributed by atoms with Crippen LogP contribution in [-0.2, 0) is 0 Å². The normalized spacial score (nSPS) is 8.82. The summed E-state index contributed by atoms with van der Waals surface area (Å²) in [5.74, 6) is 2.20. The quantitative estimate of drug-likeness (QED) is 0.198. The molecule has 0 saturated carbocycles. The summed E-state index contributed by atoms with van der Waals surface area (Å²) in [7, 11) is 0. The predicted octanol–water partition coefficient (Wildman–Crippen LogP) is 2.53. The maximum absolute atomic E-state index is 13.1. The average molecular weight is 238 g/mol. The Bertz CT molecular complexity index is 570. The summed E-state index contributed by atoms with van der Waals surface area (Å²) in [6, 6.07) is 1.07. The molecule has 0 fully saturated rings. The lowest BCUT2D eigenvalue weighted by atomic mass is 10.2. The summed E-state index contributed by atoms with van der Waals surface area (Å²) in [4.78, 5) is 11.8. The van der Waals surface area contributed by atoms with Gasteiger partial charge in [0.2, 0.25) is 5.82 Å². The van der Waals surface area contributed by atoms with Crippen molar-refractivity contribution >= 4 is 5.69 Å². The average Bonchev–Trinajstić information content (AvgIpc) is 2.26. The van der Waals surface area contributed by atoms with Crippen molar-refractivity contribution < 1.29 is 13.7 Å². The van der Waals surface area contributed by atoms with Crippen LogP contribution in [0.5, 0.6) is 0 Å². The molecular weight excluding hydrogens is 234 g/mol. The molecule has 0 spiro atoms. The highest BCUT2D eigenvalue weighted by Crippen LogP contribution is 2.20. The number of azide groups is 1. The molecule has 0 aliphatic heterocycles. The Kier molecular flexibility index (Phi) is 3.97. The van der Waals surface area contributed by atoms with E-state index in [4.69, 9.17) is 5.53 Å². The Hall–Kier alpha value is -2.65. The number of nitro benzene ring substituents is 1. The molecule has 0 unspecified atom stereocenters. The zero-order valence-electron chi connectivity index (χ0n) is 8.22. The maximum Gasteiger partial charge on any atom is 0.306 e. The highest BCUT2D eigenvalue weighted by Gasteiger charge is 2.17. The van der Waals surface area contributed by atoms with E-state index in [1.54, 1.807) is 0 Å². The van der Waals surface area contributed by atoms with Gasteiger partial charge in [0.25, 0.3) is 0 Å². The first-order valence-electron chi connectivity index (χ1n) is 4.19. The standard InChI is InChI=1S/C9H4F2N4O2/c10-7-5-8(11)9(15(16)17)4-6(7)2-1-3-13-14-12/h4-5H,3H2. The zero-order chi connectivity index (χ0) is 12.8. The number of halogens is 2. The van der Waals surface area contributed by atoms with Gasteiger partial charge in [-0.05, 0) is 5.53 Å². The fourth-order valence-electron chi connectivity index (χ4n) is 0.975. The molecule has 0 aliphatic carbocycles. The van der Waals surface area contributed by atoms with Crippen molar-refractivity contribution in [2.45, 2.75) is 0 Å². The van der Waals surface area contributed by atoms with Crippen LogP contribution in [-0.4, -0.2) is 11.5 Å². The van der Waals surface area contributed by atoms with Gasteiger partial charge in [-0.2, -0.15) is 4.39 Å². The number of hydrogen-bond donors (Lipinski definition) is 0. The molecule has 17 heavy (non-hydrogen) atoms. The van der Waals surface area contributed by atoms with E-state index in [-0.39, 0.29) is 12.1 Å². The van der Waals surface area contributed by atoms with Gasteiger partial charge in [0, 0.05) is 17.0 Å². The largest absolute Gasteiger partial charge is 0.306 e. The minimum Gasteiger partial charge on any atom is -0.258 e. The fourth-order valence-corrected chi connectivity index (χ4v) is 0.975. The molecule has 0 atom stereocenters. The number of nitrogens with zero attached hydrogens (tertiary/aromatic N) is 4. The number of nitro groups is 1. The highest BCUT2D eigenvalue weighted by atomic mass is 19.1. The summed E-state index contributed by atoms with van der Waals surface area (Å²) in [5, 5.41) is 13.5. The molecular formula is C9H4F2N4O2. The van der Waals surface area contributed by atoms with E-state index >= 15 is 0 Å². The first-order valence-corrected chi connectivity index (χ1v) is 4.19. The molecule has 8 heteroatoms. The molecule has 1 aromatic carbocycles. The Balaban J connectivity index is 3.14. The summed E-state index contributed by atoms with van der Waals surface area (Å²) in [6.45, 7) is -0.207. The molecule has 0 amide bonds. The van der Waals surface area contributed by atoms with Crippen LogP contribution in [0.3, 0.4) is 0 Å². The van der Waals surface area contributed by atoms with Crippen LogP contribution < -0.4 is 0 Å². The second-order valence-corrected chi connectivity index (χ2v) is 2.73. The van der Waals surface area contributed by atoms with Gasteiger partial charge in [-0.15, -0.1) is 0 Å². The number of benzene rings is 1. The van der Waals surface area contributed by atoms with Crippen LogP contribution >= 0.6 is 0 Å². The third-order valence-corrected chi connectivity index (χ3v) is 1.67. The third-order valence-electron chi connectivity index (χ3n) is 1.67. The molecule has 0 heterocycles. The molecule has 0 aliphatic rings. The first kappa shape index (κ1) is 12.4. The maximum atomic E-state index is 13.1. The van der Waals surface area contributed by atoms with Crippen molar-refractivity contribution in [3.8, 4) is 11.8 Å². The van der Waals surface area contributed by atoms with Crippen molar-refractivity contribution in [3.05, 3.63) is 49.9 Å². The molecule has 86 valence electrons. The first-order chi connectivity index (χ1) is 8.06. The topological polar surface area (TPSA) is 91.9 Å². The van der Waals surface area contributed by atoms with E-state index in [0.717, 1.165) is 0 Å². The van der Waals surface area contributed by atoms with E-state index in [0.29, 0.717) is 12.1 Å². The lowest BCUT2D eigenvalue weighted by Crippen LogP contribution is -1.96. The van der Waals surface area contributed by atoms with Crippen LogP contribution in [0.1, 0.15) is 5.56 Å². The van der Waals surface area contributed by atoms with Crippen molar-refractivity contribution in [2.75, 3.05) is 6.54 Å². The Morgan fingerprint density at radius 2 is 2.18 bits per heavy atom. The van der Waals surface area contributed by atoms with Crippen molar-refractivity contribution in [1.82, 2.24) is 0 Å². The minimum absolute atomic E-state index is 0.207. The van der Waals surface area contributed by atoms with Gasteiger partial charge in [0.05, 0.1) is 17.0 Å². The van der Waals surface area contributed by atoms with Crippen LogP contribution in [0.4, 0.5) is 14.5 Å². The van der Waals surface area contributed by atoms with Crippen molar-refractivity contribution in [3.63, 3.8) is 0 Å². The van der Waals surface area contributed by atoms with Gasteiger partial charge < -0.3 is 0 Å². The van der Waals surface area contributed by atoms with Crippen LogP contribution in [0, 0.1) is 33.6 Å². The van der Waals surface area contributed by atoms with Crippen molar-refractivity contribution in [2.24, 2.45) is 5.11 Å². The van der Waals surface area contributed by atoms with Gasteiger partial charge in [-0.3, -0.25) is 10.1 Å². The van der Waals surface area contributed by atoms with Gasteiger partial charge in [0.1, 0.15) is 5.82 Å². The van der Waals surface area contributed by atoms with Crippen LogP contribution in [0.2, 0.25) is 0 Å². The smallest absolute Gasteiger partial charge is 0.258 e. The summed E-state index contributed by atoms with van der Waals surface area (Å²) in [6.07, 6.45) is 0. The van der Waals surface area contributed by atoms with Gasteiger partial charge >= 0.3 is 5.69 Å². The van der Waals surface area contributed by atoms with Gasteiger partial charge in [-0.1, -0.05) is 17.0 Å². The second-order valence-electron chi connectivity index (χ2n) is 2.73. The van der Waals surface area contributed by atoms with Crippen LogP contribution in [0.25, 0.3) is 10.4 Å². The van der Waals surface area contributed by atoms with E-state index in [9.17, 15) is 18.9 Å². The van der Waals surface area contributed by atoms with Crippen molar-refractivity contribution in [1.29, 1.82) is 0 Å². The SMILES string of the molecule is [N-]=[N+]=NCC#Cc1cc([N+](=O)[O-])c(F)cc1F. The molecule has 6 nitrogen and oxygen atoms in total. The molecule has 0 radical (unpaired) electrons. The predicted molar refractivity (Wildman–Crippen MR) is 53.9 cm³/mol. The fraction of sp³-hybridized carbons (Fsp3) is 0.111. The second kappa shape index (κ2) is 5.44. The molecule has 1 rings (SSSR count). The lowest BCUT2D eigenvalue weighted by molar-refractivity contribution is -0.387. The summed E-state index contributed by atoms with van der Waals surface area (Å²) >= 11 is 0. The van der Waals surface area contributed by atoms with Crippen LogP contribution in [0.15, 0.2) is 17.2 Å². The Morgan fingerprint density at radius 3 is 2.76 bits per heavy atom. The lowest BCUT2D eigenvalue weighted by Gasteiger charge is -1.96. The zero-order valence-corrected chi connectivity index (χ0v) is 8.22. The molecule has 0 bridgehead atoms. The minimum atomic E-state index is -1.27. The molecule has 0 saturated heterocycles. The summed E-state index contributed by atoms with van der Waals surface area (Å²) < 4.78 is 26.1. The Morgan fingerprint density at radius 1 is 1.47 bits per heavy atom. The summed E-state index contributed by atoms with van der Waals surface area (Å²) in [5.41, 5.74) is 6.76. The third kappa shape index (κ3) is 3.15. The Labute approximate surface area is 93.6 Å². The van der Waals surface area contributed by atoms with Gasteiger partial charge in [-0.25, -0.2) is 4.39 Å². The van der Waals surface area contributed by atoms with E-state index in [1.165, 1.54) is 0 Å². The molecule has 0 aromatic heterocycles. The highest BCUT2D eigenvalue weighted by molar-refractivity contribution is 5.45. The number of hydrogen-bond acceptors (Lipinski definition) is 3. The van der Waals surface area contributed by atoms with Gasteiger partial charge in [0.15, 0.2) is 0 Å². The van der Waals surface area contributed by atoms with E-state index in [2.05, 4.69) is 21.9 Å². The molecule has 1 aromatic rings. The monoisotopic (exact) mass is 238 g/mol. The van der Waals surface area contributed by atoms with E-state index in [1.807, 2.05) is 0 Å².